The molecule has 0 aliphatic heterocycles. The van der Waals surface area contributed by atoms with Gasteiger partial charge in [0.15, 0.2) is 5.82 Å². The second-order valence-electron chi connectivity index (χ2n) is 5.70. The van der Waals surface area contributed by atoms with Gasteiger partial charge in [-0.1, -0.05) is 24.3 Å². The average Bonchev–Trinajstić information content (AvgIpc) is 3.15. The Morgan fingerprint density at radius 1 is 0.846 bits per heavy atom. The van der Waals surface area contributed by atoms with Gasteiger partial charge in [-0.2, -0.15) is 0 Å². The number of aromatic nitrogens is 6. The highest BCUT2D eigenvalue weighted by Crippen LogP contribution is 2.27. The van der Waals surface area contributed by atoms with E-state index >= 15 is 0 Å². The second-order valence-corrected chi connectivity index (χ2v) is 6.69. The first kappa shape index (κ1) is 15.0. The van der Waals surface area contributed by atoms with E-state index in [1.165, 1.54) is 11.8 Å². The summed E-state index contributed by atoms with van der Waals surface area (Å²) < 4.78 is 0. The number of hydrogen-bond acceptors (Lipinski definition) is 6. The lowest BCUT2D eigenvalue weighted by atomic mass is 10.1. The molecule has 0 spiro atoms. The molecule has 0 aliphatic carbocycles. The van der Waals surface area contributed by atoms with Crippen LogP contribution in [0, 0.1) is 0 Å². The standard InChI is InChI=1S/C19H12N6S/c1-2-4-14-10-16-15(9-13(14)3-1)21-11-17(22-16)26-19-23-18(24-25-19)12-5-7-20-8-6-12/h1-11H,(H,23,24,25). The summed E-state index contributed by atoms with van der Waals surface area (Å²) in [4.78, 5) is 17.8. The van der Waals surface area contributed by atoms with Crippen molar-refractivity contribution >= 4 is 33.6 Å². The largest absolute Gasteiger partial charge is 0.265 e. The molecule has 7 heteroatoms. The van der Waals surface area contributed by atoms with Gasteiger partial charge in [0, 0.05) is 18.0 Å². The van der Waals surface area contributed by atoms with Crippen LogP contribution < -0.4 is 0 Å². The third kappa shape index (κ3) is 2.78. The molecule has 26 heavy (non-hydrogen) atoms. The molecule has 6 nitrogen and oxygen atoms in total. The summed E-state index contributed by atoms with van der Waals surface area (Å²) in [6, 6.07) is 16.1. The van der Waals surface area contributed by atoms with E-state index in [-0.39, 0.29) is 0 Å². The van der Waals surface area contributed by atoms with Crippen molar-refractivity contribution in [1.29, 1.82) is 0 Å². The third-order valence-electron chi connectivity index (χ3n) is 4.00. The molecule has 2 aromatic carbocycles. The number of fused-ring (bicyclic) bond motifs is 2. The van der Waals surface area contributed by atoms with Crippen molar-refractivity contribution in [2.75, 3.05) is 0 Å². The van der Waals surface area contributed by atoms with Crippen LogP contribution in [0.4, 0.5) is 0 Å². The molecule has 0 atom stereocenters. The van der Waals surface area contributed by atoms with Gasteiger partial charge in [0.2, 0.25) is 5.16 Å². The van der Waals surface area contributed by atoms with Crippen molar-refractivity contribution in [2.45, 2.75) is 10.2 Å². The van der Waals surface area contributed by atoms with E-state index in [1.54, 1.807) is 18.6 Å². The first-order valence-electron chi connectivity index (χ1n) is 8.01. The Labute approximate surface area is 152 Å². The number of nitrogens with one attached hydrogen (secondary N) is 1. The van der Waals surface area contributed by atoms with Gasteiger partial charge in [-0.25, -0.2) is 9.97 Å². The van der Waals surface area contributed by atoms with Gasteiger partial charge in [-0.15, -0.1) is 5.10 Å². The van der Waals surface area contributed by atoms with E-state index in [2.05, 4.69) is 49.4 Å². The number of nitrogens with zero attached hydrogens (tertiary/aromatic N) is 5. The van der Waals surface area contributed by atoms with E-state index < -0.39 is 0 Å². The quantitative estimate of drug-likeness (QED) is 0.490. The number of pyridine rings is 1. The Balaban J connectivity index is 1.48. The Morgan fingerprint density at radius 2 is 1.62 bits per heavy atom. The minimum Gasteiger partial charge on any atom is -0.265 e. The highest BCUT2D eigenvalue weighted by Gasteiger charge is 2.09. The lowest BCUT2D eigenvalue weighted by Crippen LogP contribution is -1.88. The van der Waals surface area contributed by atoms with Crippen molar-refractivity contribution in [3.05, 3.63) is 67.1 Å². The highest BCUT2D eigenvalue weighted by atomic mass is 32.2. The van der Waals surface area contributed by atoms with Crippen molar-refractivity contribution < 1.29 is 0 Å². The molecule has 5 rings (SSSR count). The van der Waals surface area contributed by atoms with Gasteiger partial charge in [0.05, 0.1) is 17.2 Å². The van der Waals surface area contributed by atoms with Crippen molar-refractivity contribution in [3.8, 4) is 11.4 Å². The summed E-state index contributed by atoms with van der Waals surface area (Å²) in [6.07, 6.45) is 5.21. The van der Waals surface area contributed by atoms with E-state index in [4.69, 9.17) is 4.98 Å². The normalized spacial score (nSPS) is 11.2. The second kappa shape index (κ2) is 6.20. The lowest BCUT2D eigenvalue weighted by Gasteiger charge is -2.02. The Bertz CT molecular complexity index is 1220. The van der Waals surface area contributed by atoms with Crippen LogP contribution in [0.1, 0.15) is 0 Å². The third-order valence-corrected chi connectivity index (χ3v) is 4.77. The molecular weight excluding hydrogens is 344 g/mol. The van der Waals surface area contributed by atoms with E-state index in [9.17, 15) is 0 Å². The first-order valence-corrected chi connectivity index (χ1v) is 8.83. The SMILES string of the molecule is c1ccc2cc3nc(Sc4n[nH]c(-c5ccncc5)n4)cnc3cc2c1. The minimum atomic E-state index is 0.603. The van der Waals surface area contributed by atoms with Crippen molar-refractivity contribution in [2.24, 2.45) is 0 Å². The Kier molecular flexibility index (Phi) is 3.57. The zero-order valence-corrected chi connectivity index (χ0v) is 14.3. The number of H-pyrrole nitrogens is 1. The molecule has 3 heterocycles. The summed E-state index contributed by atoms with van der Waals surface area (Å²) in [5.74, 6) is 0.703. The van der Waals surface area contributed by atoms with Crippen LogP contribution >= 0.6 is 11.8 Å². The maximum Gasteiger partial charge on any atom is 0.215 e. The predicted molar refractivity (Wildman–Crippen MR) is 101 cm³/mol. The summed E-state index contributed by atoms with van der Waals surface area (Å²) in [5, 5.41) is 10.9. The van der Waals surface area contributed by atoms with Crippen molar-refractivity contribution in [3.63, 3.8) is 0 Å². The van der Waals surface area contributed by atoms with E-state index in [1.807, 2.05) is 24.3 Å². The number of benzene rings is 2. The van der Waals surface area contributed by atoms with Gasteiger partial charge < -0.3 is 0 Å². The van der Waals surface area contributed by atoms with Crippen LogP contribution in [-0.2, 0) is 0 Å². The maximum absolute atomic E-state index is 4.70. The Morgan fingerprint density at radius 3 is 2.42 bits per heavy atom. The van der Waals surface area contributed by atoms with Gasteiger partial charge in [-0.05, 0) is 46.8 Å². The molecular formula is C19H12N6S. The molecule has 1 N–H and O–H groups in total. The number of hydrogen-bond donors (Lipinski definition) is 1. The van der Waals surface area contributed by atoms with Crippen LogP contribution in [0.3, 0.4) is 0 Å². The zero-order valence-electron chi connectivity index (χ0n) is 13.5. The average molecular weight is 356 g/mol. The molecule has 0 saturated carbocycles. The fourth-order valence-corrected chi connectivity index (χ4v) is 3.42. The minimum absolute atomic E-state index is 0.603. The van der Waals surface area contributed by atoms with Crippen LogP contribution in [-0.4, -0.2) is 30.1 Å². The molecule has 124 valence electrons. The molecule has 3 aromatic heterocycles. The van der Waals surface area contributed by atoms with Gasteiger partial charge in [-0.3, -0.25) is 15.1 Å². The Hall–Kier alpha value is -3.32. The number of rotatable bonds is 3. The lowest BCUT2D eigenvalue weighted by molar-refractivity contribution is 0.967. The van der Waals surface area contributed by atoms with Gasteiger partial charge in [0.1, 0.15) is 5.03 Å². The zero-order chi connectivity index (χ0) is 17.3. The van der Waals surface area contributed by atoms with E-state index in [0.29, 0.717) is 11.0 Å². The van der Waals surface area contributed by atoms with Crippen LogP contribution in [0.2, 0.25) is 0 Å². The fourth-order valence-electron chi connectivity index (χ4n) is 2.76. The summed E-state index contributed by atoms with van der Waals surface area (Å²) in [7, 11) is 0. The molecule has 0 radical (unpaired) electrons. The molecule has 0 bridgehead atoms. The molecule has 0 aliphatic rings. The van der Waals surface area contributed by atoms with Crippen molar-refractivity contribution in [1.82, 2.24) is 30.1 Å². The fraction of sp³-hybridized carbons (Fsp3) is 0. The van der Waals surface area contributed by atoms with Crippen LogP contribution in [0.15, 0.2) is 77.3 Å². The first-order chi connectivity index (χ1) is 12.8. The number of aromatic amines is 1. The topological polar surface area (TPSA) is 80.2 Å². The highest BCUT2D eigenvalue weighted by molar-refractivity contribution is 7.99. The molecule has 0 fully saturated rings. The van der Waals surface area contributed by atoms with Crippen LogP contribution in [0.5, 0.6) is 0 Å². The van der Waals surface area contributed by atoms with Gasteiger partial charge in [0.25, 0.3) is 0 Å². The van der Waals surface area contributed by atoms with E-state index in [0.717, 1.165) is 32.4 Å². The summed E-state index contributed by atoms with van der Waals surface area (Å²) in [6.45, 7) is 0. The molecule has 5 aromatic rings. The summed E-state index contributed by atoms with van der Waals surface area (Å²) >= 11 is 1.38. The smallest absolute Gasteiger partial charge is 0.215 e. The monoisotopic (exact) mass is 356 g/mol. The molecule has 0 unspecified atom stereocenters. The molecule has 0 saturated heterocycles. The molecule has 0 amide bonds. The van der Waals surface area contributed by atoms with Crippen LogP contribution in [0.25, 0.3) is 33.2 Å². The van der Waals surface area contributed by atoms with Gasteiger partial charge >= 0.3 is 0 Å². The maximum atomic E-state index is 4.70. The summed E-state index contributed by atoms with van der Waals surface area (Å²) in [5.41, 5.74) is 2.68. The predicted octanol–water partition coefficient (Wildman–Crippen LogP) is 4.11.